The highest BCUT2D eigenvalue weighted by molar-refractivity contribution is 7.91. The molecule has 0 radical (unpaired) electrons. The molecule has 12 nitrogen and oxygen atoms in total. The Morgan fingerprint density at radius 1 is 0.648 bits per heavy atom. The average Bonchev–Trinajstić information content (AvgIpc) is 3.10. The predicted molar refractivity (Wildman–Crippen MR) is 208 cm³/mol. The Bertz CT molecular complexity index is 2200. The molecule has 4 aromatic rings. The monoisotopic (exact) mass is 824 g/mol. The van der Waals surface area contributed by atoms with Crippen molar-refractivity contribution in [3.63, 3.8) is 0 Å². The largest absolute Gasteiger partial charge is 0.397 e. The van der Waals surface area contributed by atoms with E-state index in [9.17, 15) is 35.7 Å². The molecule has 2 heterocycles. The van der Waals surface area contributed by atoms with Gasteiger partial charge in [0.05, 0.1) is 37.6 Å². The van der Waals surface area contributed by atoms with Crippen LogP contribution in [0.5, 0.6) is 0 Å². The molecule has 0 bridgehead atoms. The number of nitrogens with zero attached hydrogens (tertiary/aromatic N) is 5. The number of nitro benzene ring substituents is 1. The lowest BCUT2D eigenvalue weighted by atomic mass is 10.1. The van der Waals surface area contributed by atoms with Gasteiger partial charge >= 0.3 is 0 Å². The van der Waals surface area contributed by atoms with Crippen molar-refractivity contribution in [1.82, 2.24) is 9.80 Å². The number of rotatable bonds is 9. The fourth-order valence-electron chi connectivity index (χ4n) is 6.20. The Morgan fingerprint density at radius 3 is 1.44 bits per heavy atom. The summed E-state index contributed by atoms with van der Waals surface area (Å²) in [5.74, 6) is -1.93. The summed E-state index contributed by atoms with van der Waals surface area (Å²) in [4.78, 5) is 19.5. The number of nitrogen functional groups attached to an aromatic ring is 1. The predicted octanol–water partition coefficient (Wildman–Crippen LogP) is 5.90. The molecule has 0 atom stereocenters. The fourth-order valence-corrected chi connectivity index (χ4v) is 9.38. The molecule has 0 aliphatic carbocycles. The number of anilines is 3. The van der Waals surface area contributed by atoms with Gasteiger partial charge < -0.3 is 25.3 Å². The van der Waals surface area contributed by atoms with Crippen molar-refractivity contribution in [2.24, 2.45) is 0 Å². The van der Waals surface area contributed by atoms with Gasteiger partial charge in [0.25, 0.3) is 5.69 Å². The van der Waals surface area contributed by atoms with E-state index in [1.54, 1.807) is 12.1 Å². The standard InChI is InChI=1S/C18H19ClFN3O4S.C18H21ClFN3O2S/c1-21-6-8-22(9-7-21)17-11-14(19)10-13(18(17)23(24)25)12-28(26,27)16-4-2-15(20)3-5-16;1-22-6-8-23(9-7-22)17-11-14(19)10-13(18(17)21)12-26(24,25)16-4-2-15(20)3-5-16/h2-5,10-11H,6-9,12H2,1H3;2-5,10-11H,6-9,12,21H2,1H3. The summed E-state index contributed by atoms with van der Waals surface area (Å²) in [6, 6.07) is 15.3. The molecule has 2 aliphatic heterocycles. The number of nitrogens with two attached hydrogens (primary N) is 1. The van der Waals surface area contributed by atoms with E-state index in [2.05, 4.69) is 21.7 Å². The summed E-state index contributed by atoms with van der Waals surface area (Å²) in [7, 11) is -3.56. The third kappa shape index (κ3) is 10.2. The maximum absolute atomic E-state index is 13.1. The summed E-state index contributed by atoms with van der Waals surface area (Å²) in [6.07, 6.45) is 0. The first kappa shape index (κ1) is 41.1. The van der Waals surface area contributed by atoms with Gasteiger partial charge in [0.1, 0.15) is 17.3 Å². The Kier molecular flexibility index (Phi) is 13.1. The van der Waals surface area contributed by atoms with Gasteiger partial charge in [0.15, 0.2) is 19.7 Å². The highest BCUT2D eigenvalue weighted by Crippen LogP contribution is 2.38. The van der Waals surface area contributed by atoms with E-state index < -0.39 is 42.0 Å². The van der Waals surface area contributed by atoms with Gasteiger partial charge in [-0.2, -0.15) is 0 Å². The molecule has 0 unspecified atom stereocenters. The van der Waals surface area contributed by atoms with Crippen molar-refractivity contribution in [3.8, 4) is 0 Å². The van der Waals surface area contributed by atoms with E-state index in [1.165, 1.54) is 24.3 Å². The molecule has 290 valence electrons. The molecule has 2 N–H and O–H groups in total. The minimum Gasteiger partial charge on any atom is -0.397 e. The number of nitro groups is 1. The zero-order valence-corrected chi connectivity index (χ0v) is 32.7. The van der Waals surface area contributed by atoms with Crippen LogP contribution in [0.2, 0.25) is 10.0 Å². The lowest BCUT2D eigenvalue weighted by Crippen LogP contribution is -2.44. The molecule has 2 fully saturated rings. The number of piperazine rings is 2. The lowest BCUT2D eigenvalue weighted by molar-refractivity contribution is -0.384. The molecule has 0 spiro atoms. The van der Waals surface area contributed by atoms with Crippen LogP contribution < -0.4 is 15.5 Å². The van der Waals surface area contributed by atoms with E-state index in [4.69, 9.17) is 28.9 Å². The van der Waals surface area contributed by atoms with Crippen LogP contribution in [0.1, 0.15) is 11.1 Å². The second-order valence-electron chi connectivity index (χ2n) is 13.2. The summed E-state index contributed by atoms with van der Waals surface area (Å²) in [6.45, 7) is 5.99. The van der Waals surface area contributed by atoms with Crippen molar-refractivity contribution >= 4 is 65.6 Å². The summed E-state index contributed by atoms with van der Waals surface area (Å²) >= 11 is 12.4. The molecule has 0 saturated carbocycles. The number of halogens is 4. The van der Waals surface area contributed by atoms with Crippen molar-refractivity contribution in [2.75, 3.05) is 82.0 Å². The number of hydrogen-bond donors (Lipinski definition) is 1. The summed E-state index contributed by atoms with van der Waals surface area (Å²) in [5.41, 5.74) is 7.98. The van der Waals surface area contributed by atoms with Crippen molar-refractivity contribution < 1.29 is 30.5 Å². The van der Waals surface area contributed by atoms with Gasteiger partial charge in [-0.1, -0.05) is 23.2 Å². The lowest BCUT2D eigenvalue weighted by Gasteiger charge is -2.35. The smallest absolute Gasteiger partial charge is 0.296 e. The van der Waals surface area contributed by atoms with Gasteiger partial charge in [-0.25, -0.2) is 25.6 Å². The zero-order chi connectivity index (χ0) is 39.4. The second-order valence-corrected chi connectivity index (χ2v) is 18.0. The number of sulfone groups is 2. The topological polar surface area (TPSA) is 150 Å². The third-order valence-corrected chi connectivity index (χ3v) is 13.0. The minimum atomic E-state index is -3.92. The highest BCUT2D eigenvalue weighted by Gasteiger charge is 2.30. The van der Waals surface area contributed by atoms with Gasteiger partial charge in [-0.3, -0.25) is 10.1 Å². The first-order chi connectivity index (χ1) is 25.4. The van der Waals surface area contributed by atoms with Crippen molar-refractivity contribution in [3.05, 3.63) is 116 Å². The van der Waals surface area contributed by atoms with E-state index >= 15 is 0 Å². The first-order valence-electron chi connectivity index (χ1n) is 16.8. The van der Waals surface area contributed by atoms with Crippen LogP contribution in [-0.4, -0.2) is 98.0 Å². The van der Waals surface area contributed by atoms with Crippen LogP contribution >= 0.6 is 23.2 Å². The Hall–Kier alpha value is -4.06. The Balaban J connectivity index is 0.000000208. The molecule has 4 aromatic carbocycles. The Morgan fingerprint density at radius 2 is 1.02 bits per heavy atom. The van der Waals surface area contributed by atoms with E-state index in [0.29, 0.717) is 35.1 Å². The number of benzene rings is 4. The zero-order valence-electron chi connectivity index (χ0n) is 29.6. The van der Waals surface area contributed by atoms with Crippen LogP contribution in [0.25, 0.3) is 0 Å². The maximum Gasteiger partial charge on any atom is 0.296 e. The SMILES string of the molecule is CN1CCN(c2cc(Cl)cc(CS(=O)(=O)c3ccc(F)cc3)c2N)CC1.CN1CCN(c2cc(Cl)cc(CS(=O)(=O)c3ccc(F)cc3)c2[N+](=O)[O-])CC1. The quantitative estimate of drug-likeness (QED) is 0.0931. The van der Waals surface area contributed by atoms with Gasteiger partial charge in [0.2, 0.25) is 0 Å². The fraction of sp³-hybridized carbons (Fsp3) is 0.333. The molecular weight excluding hydrogens is 785 g/mol. The minimum absolute atomic E-state index is 0.00996. The van der Waals surface area contributed by atoms with Crippen LogP contribution in [-0.2, 0) is 31.2 Å². The van der Waals surface area contributed by atoms with Crippen LogP contribution in [0.3, 0.4) is 0 Å². The van der Waals surface area contributed by atoms with E-state index in [-0.39, 0.29) is 31.8 Å². The van der Waals surface area contributed by atoms with Crippen molar-refractivity contribution in [1.29, 1.82) is 0 Å². The van der Waals surface area contributed by atoms with Gasteiger partial charge in [-0.05, 0) is 92.5 Å². The second kappa shape index (κ2) is 17.2. The normalized spacial score (nSPS) is 15.8. The molecule has 2 aliphatic rings. The average molecular weight is 826 g/mol. The molecule has 0 aromatic heterocycles. The van der Waals surface area contributed by atoms with Crippen LogP contribution in [0.15, 0.2) is 82.6 Å². The van der Waals surface area contributed by atoms with E-state index in [1.807, 2.05) is 11.9 Å². The van der Waals surface area contributed by atoms with Crippen LogP contribution in [0, 0.1) is 21.7 Å². The molecule has 54 heavy (non-hydrogen) atoms. The third-order valence-electron chi connectivity index (χ3n) is 9.25. The van der Waals surface area contributed by atoms with E-state index in [0.717, 1.165) is 81.4 Å². The molecular formula is C36H40Cl2F2N6O6S2. The molecule has 0 amide bonds. The van der Waals surface area contributed by atoms with Crippen LogP contribution in [0.4, 0.5) is 31.5 Å². The maximum atomic E-state index is 13.1. The molecule has 2 saturated heterocycles. The van der Waals surface area contributed by atoms with Gasteiger partial charge in [-0.15, -0.1) is 0 Å². The molecule has 18 heteroatoms. The van der Waals surface area contributed by atoms with Crippen molar-refractivity contribution in [2.45, 2.75) is 21.3 Å². The van der Waals surface area contributed by atoms with Gasteiger partial charge in [0, 0.05) is 68.0 Å². The summed E-state index contributed by atoms with van der Waals surface area (Å²) < 4.78 is 76.9. The first-order valence-corrected chi connectivity index (χ1v) is 20.9. The number of likely N-dealkylation sites (N-methyl/N-ethyl adjacent to an activating group) is 2. The number of hydrogen-bond acceptors (Lipinski definition) is 11. The summed E-state index contributed by atoms with van der Waals surface area (Å²) in [5, 5.41) is 12.5. The molecule has 6 rings (SSSR count). The Labute approximate surface area is 323 Å². The highest BCUT2D eigenvalue weighted by atomic mass is 35.5.